The van der Waals surface area contributed by atoms with Gasteiger partial charge in [0.1, 0.15) is 0 Å². The van der Waals surface area contributed by atoms with E-state index in [2.05, 4.69) is 6.58 Å². The highest BCUT2D eigenvalue weighted by Gasteiger charge is 2.05. The van der Waals surface area contributed by atoms with Crippen LogP contribution in [-0.4, -0.2) is 8.42 Å². The van der Waals surface area contributed by atoms with Crippen molar-refractivity contribution in [2.24, 2.45) is 0 Å². The van der Waals surface area contributed by atoms with Gasteiger partial charge in [0, 0.05) is 16.3 Å². The van der Waals surface area contributed by atoms with E-state index in [-0.39, 0.29) is 4.91 Å². The van der Waals surface area contributed by atoms with Crippen LogP contribution in [0.3, 0.4) is 0 Å². The second-order valence-electron chi connectivity index (χ2n) is 2.44. The van der Waals surface area contributed by atoms with Crippen molar-refractivity contribution in [1.82, 2.24) is 0 Å². The van der Waals surface area contributed by atoms with E-state index in [0.29, 0.717) is 16.3 Å². The lowest BCUT2D eigenvalue weighted by atomic mass is 10.2. The maximum atomic E-state index is 10.6. The molecule has 0 unspecified atom stereocenters. The number of thiol groups is 1. The van der Waals surface area contributed by atoms with E-state index < -0.39 is 10.7 Å². The minimum absolute atomic E-state index is 0.00386. The summed E-state index contributed by atoms with van der Waals surface area (Å²) in [4.78, 5) is 0.00386. The molecule has 0 aliphatic rings. The predicted molar refractivity (Wildman–Crippen MR) is 55.2 cm³/mol. The van der Waals surface area contributed by atoms with Crippen molar-refractivity contribution >= 4 is 32.9 Å². The highest BCUT2D eigenvalue weighted by molar-refractivity contribution is 7.82. The van der Waals surface area contributed by atoms with Crippen LogP contribution in [-0.2, 0) is 10.7 Å². The van der Waals surface area contributed by atoms with Gasteiger partial charge in [0.25, 0.3) is 0 Å². The zero-order valence-electron chi connectivity index (χ0n) is 6.66. The standard InChI is InChI=1S/C8H8ClNO2S/c1-5(13(11)12)7-3-2-6(9)4-8(7)10/h2-4,13H,1,10H2. The van der Waals surface area contributed by atoms with Crippen molar-refractivity contribution in [3.63, 3.8) is 0 Å². The topological polar surface area (TPSA) is 60.2 Å². The lowest BCUT2D eigenvalue weighted by Crippen LogP contribution is -1.93. The number of anilines is 1. The van der Waals surface area contributed by atoms with Gasteiger partial charge in [-0.05, 0) is 12.1 Å². The summed E-state index contributed by atoms with van der Waals surface area (Å²) in [6.07, 6.45) is 0. The molecule has 0 atom stereocenters. The third kappa shape index (κ3) is 2.23. The van der Waals surface area contributed by atoms with Crippen molar-refractivity contribution < 1.29 is 8.42 Å². The highest BCUT2D eigenvalue weighted by atomic mass is 35.5. The van der Waals surface area contributed by atoms with E-state index in [1.54, 1.807) is 6.07 Å². The SMILES string of the molecule is C=C(c1ccc(Cl)cc1N)[SH](=O)=O. The highest BCUT2D eigenvalue weighted by Crippen LogP contribution is 2.23. The summed E-state index contributed by atoms with van der Waals surface area (Å²) in [5.74, 6) is 0. The molecule has 2 N–H and O–H groups in total. The fourth-order valence-electron chi connectivity index (χ4n) is 0.895. The lowest BCUT2D eigenvalue weighted by Gasteiger charge is -2.03. The summed E-state index contributed by atoms with van der Waals surface area (Å²) in [5.41, 5.74) is 6.27. The van der Waals surface area contributed by atoms with Crippen molar-refractivity contribution in [2.45, 2.75) is 0 Å². The molecule has 0 aliphatic carbocycles. The van der Waals surface area contributed by atoms with Crippen LogP contribution in [0.15, 0.2) is 24.8 Å². The molecule has 0 heterocycles. The third-order valence-electron chi connectivity index (χ3n) is 1.54. The summed E-state index contributed by atoms with van der Waals surface area (Å²) < 4.78 is 21.2. The van der Waals surface area contributed by atoms with Crippen LogP contribution in [0.4, 0.5) is 5.69 Å². The Hall–Kier alpha value is -1.00. The molecule has 13 heavy (non-hydrogen) atoms. The third-order valence-corrected chi connectivity index (χ3v) is 2.46. The monoisotopic (exact) mass is 217 g/mol. The van der Waals surface area contributed by atoms with Gasteiger partial charge in [0.2, 0.25) is 0 Å². The Balaban J connectivity index is 3.24. The van der Waals surface area contributed by atoms with Gasteiger partial charge in [-0.25, -0.2) is 8.42 Å². The zero-order chi connectivity index (χ0) is 10.0. The fraction of sp³-hybridized carbons (Fsp3) is 0. The number of rotatable bonds is 2. The first kappa shape index (κ1) is 10.1. The Labute approximate surface area is 82.8 Å². The molecule has 0 amide bonds. The number of nitrogens with two attached hydrogens (primary N) is 1. The molecule has 1 rings (SSSR count). The second-order valence-corrected chi connectivity index (χ2v) is 3.93. The summed E-state index contributed by atoms with van der Waals surface area (Å²) in [6, 6.07) is 4.59. The van der Waals surface area contributed by atoms with Crippen LogP contribution in [0.5, 0.6) is 0 Å². The predicted octanol–water partition coefficient (Wildman–Crippen LogP) is 1.50. The summed E-state index contributed by atoms with van der Waals surface area (Å²) in [5, 5.41) is 0.468. The smallest absolute Gasteiger partial charge is 0.168 e. The Bertz CT molecular complexity index is 418. The van der Waals surface area contributed by atoms with Crippen LogP contribution in [0.25, 0.3) is 4.91 Å². The molecule has 1 aromatic rings. The van der Waals surface area contributed by atoms with Gasteiger partial charge in [-0.15, -0.1) is 0 Å². The van der Waals surface area contributed by atoms with E-state index in [4.69, 9.17) is 17.3 Å². The molecule has 0 fully saturated rings. The number of benzene rings is 1. The average molecular weight is 218 g/mol. The molecule has 3 nitrogen and oxygen atoms in total. The van der Waals surface area contributed by atoms with Gasteiger partial charge in [0.05, 0.1) is 4.91 Å². The summed E-state index contributed by atoms with van der Waals surface area (Å²) >= 11 is 5.64. The van der Waals surface area contributed by atoms with E-state index in [1.807, 2.05) is 0 Å². The van der Waals surface area contributed by atoms with Gasteiger partial charge in [-0.2, -0.15) is 0 Å². The number of hydrogen-bond donors (Lipinski definition) is 2. The van der Waals surface area contributed by atoms with Crippen LogP contribution in [0.1, 0.15) is 5.56 Å². The van der Waals surface area contributed by atoms with E-state index in [9.17, 15) is 8.42 Å². The molecule has 0 saturated carbocycles. The normalized spacial score (nSPS) is 10.3. The second kappa shape index (κ2) is 3.81. The van der Waals surface area contributed by atoms with E-state index in [0.717, 1.165) is 0 Å². The minimum Gasteiger partial charge on any atom is -0.398 e. The molecule has 1 aromatic carbocycles. The number of halogens is 1. The Kier molecular flexibility index (Phi) is 2.95. The van der Waals surface area contributed by atoms with Crippen molar-refractivity contribution in [1.29, 1.82) is 0 Å². The first-order valence-corrected chi connectivity index (χ1v) is 4.96. The molecule has 0 aromatic heterocycles. The van der Waals surface area contributed by atoms with Gasteiger partial charge in [-0.3, -0.25) is 0 Å². The van der Waals surface area contributed by atoms with Gasteiger partial charge >= 0.3 is 0 Å². The molecular formula is C8H8ClNO2S. The summed E-state index contributed by atoms with van der Waals surface area (Å²) in [7, 11) is -2.68. The van der Waals surface area contributed by atoms with Crippen LogP contribution in [0, 0.1) is 0 Å². The molecular weight excluding hydrogens is 210 g/mol. The fourth-order valence-corrected chi connectivity index (χ4v) is 1.48. The van der Waals surface area contributed by atoms with Gasteiger partial charge < -0.3 is 5.73 Å². The molecule has 70 valence electrons. The summed E-state index contributed by atoms with van der Waals surface area (Å²) in [6.45, 7) is 3.40. The lowest BCUT2D eigenvalue weighted by molar-refractivity contribution is 0.623. The van der Waals surface area contributed by atoms with Crippen molar-refractivity contribution in [3.05, 3.63) is 35.4 Å². The van der Waals surface area contributed by atoms with Gasteiger partial charge in [-0.1, -0.05) is 24.2 Å². The van der Waals surface area contributed by atoms with E-state index in [1.165, 1.54) is 12.1 Å². The maximum absolute atomic E-state index is 10.6. The Morgan fingerprint density at radius 1 is 1.46 bits per heavy atom. The number of nitrogen functional groups attached to an aromatic ring is 1. The average Bonchev–Trinajstić information content (AvgIpc) is 2.03. The number of hydrogen-bond acceptors (Lipinski definition) is 3. The maximum Gasteiger partial charge on any atom is 0.168 e. The molecule has 5 heteroatoms. The first-order valence-electron chi connectivity index (χ1n) is 3.41. The largest absolute Gasteiger partial charge is 0.398 e. The van der Waals surface area contributed by atoms with E-state index >= 15 is 0 Å². The van der Waals surface area contributed by atoms with Gasteiger partial charge in [0.15, 0.2) is 10.7 Å². The van der Waals surface area contributed by atoms with Crippen LogP contribution >= 0.6 is 11.6 Å². The molecule has 0 aliphatic heterocycles. The van der Waals surface area contributed by atoms with Crippen LogP contribution < -0.4 is 5.73 Å². The minimum atomic E-state index is -2.68. The molecule has 0 bridgehead atoms. The Morgan fingerprint density at radius 3 is 2.54 bits per heavy atom. The zero-order valence-corrected chi connectivity index (χ0v) is 8.31. The molecule has 0 radical (unpaired) electrons. The molecule has 0 spiro atoms. The van der Waals surface area contributed by atoms with Crippen LogP contribution in [0.2, 0.25) is 5.02 Å². The first-order chi connectivity index (χ1) is 6.02. The van der Waals surface area contributed by atoms with Crippen molar-refractivity contribution in [3.8, 4) is 0 Å². The quantitative estimate of drug-likeness (QED) is 0.583. The molecule has 0 saturated heterocycles. The Morgan fingerprint density at radius 2 is 2.08 bits per heavy atom. The van der Waals surface area contributed by atoms with Crippen molar-refractivity contribution in [2.75, 3.05) is 5.73 Å².